The number of hydrogen-bond donors (Lipinski definition) is 2. The van der Waals surface area contributed by atoms with Gasteiger partial charge in [-0.1, -0.05) is 5.92 Å². The fraction of sp³-hybridized carbons (Fsp3) is 0.188. The molecule has 0 unspecified atom stereocenters. The first kappa shape index (κ1) is 14.8. The summed E-state index contributed by atoms with van der Waals surface area (Å²) in [6, 6.07) is 5.35. The first-order valence-electron chi connectivity index (χ1n) is 6.86. The smallest absolute Gasteiger partial charge is 0.324 e. The molecule has 0 fully saturated rings. The molecule has 0 aliphatic carbocycles. The molecule has 1 aromatic heterocycles. The largest absolute Gasteiger partial charge is 0.351 e. The molecule has 2 aromatic rings. The SMILES string of the molecule is CN(C)CC#Cc1c2c3c(c[c]cc3n1C(N)=O)C(=O)NN=C2. The second-order valence-electron chi connectivity index (χ2n) is 5.30. The van der Waals surface area contributed by atoms with Crippen LogP contribution in [-0.2, 0) is 0 Å². The number of nitrogens with two attached hydrogens (primary N) is 1. The fourth-order valence-corrected chi connectivity index (χ4v) is 2.46. The second kappa shape index (κ2) is 5.59. The fourth-order valence-electron chi connectivity index (χ4n) is 2.46. The van der Waals surface area contributed by atoms with Crippen LogP contribution in [0.4, 0.5) is 4.79 Å². The van der Waals surface area contributed by atoms with Crippen molar-refractivity contribution in [2.45, 2.75) is 0 Å². The van der Waals surface area contributed by atoms with Gasteiger partial charge in [0.05, 0.1) is 23.8 Å². The number of aromatic nitrogens is 1. The van der Waals surface area contributed by atoms with Crippen molar-refractivity contribution in [3.63, 3.8) is 0 Å². The highest BCUT2D eigenvalue weighted by molar-refractivity contribution is 6.17. The molecule has 0 atom stereocenters. The lowest BCUT2D eigenvalue weighted by molar-refractivity contribution is 0.0957. The zero-order valence-electron chi connectivity index (χ0n) is 12.7. The van der Waals surface area contributed by atoms with Crippen LogP contribution in [0, 0.1) is 17.9 Å². The highest BCUT2D eigenvalue weighted by atomic mass is 16.2. The van der Waals surface area contributed by atoms with E-state index < -0.39 is 6.03 Å². The average molecular weight is 308 g/mol. The van der Waals surface area contributed by atoms with Crippen molar-refractivity contribution in [2.75, 3.05) is 20.6 Å². The van der Waals surface area contributed by atoms with Crippen molar-refractivity contribution in [2.24, 2.45) is 10.8 Å². The first-order valence-corrected chi connectivity index (χ1v) is 6.86. The number of rotatable bonds is 1. The van der Waals surface area contributed by atoms with E-state index in [2.05, 4.69) is 28.4 Å². The Morgan fingerprint density at radius 1 is 1.48 bits per heavy atom. The van der Waals surface area contributed by atoms with E-state index in [-0.39, 0.29) is 5.91 Å². The number of hydrazone groups is 1. The predicted octanol–water partition coefficient (Wildman–Crippen LogP) is 0.359. The molecule has 0 bridgehead atoms. The lowest BCUT2D eigenvalue weighted by Crippen LogP contribution is -2.22. The molecule has 0 saturated carbocycles. The maximum atomic E-state index is 12.1. The molecule has 2 amide bonds. The van der Waals surface area contributed by atoms with Gasteiger partial charge < -0.3 is 5.73 Å². The Balaban J connectivity index is 2.36. The van der Waals surface area contributed by atoms with Gasteiger partial charge in [0.25, 0.3) is 5.91 Å². The van der Waals surface area contributed by atoms with Gasteiger partial charge in [-0.3, -0.25) is 14.3 Å². The number of nitrogens with zero attached hydrogens (tertiary/aromatic N) is 3. The van der Waals surface area contributed by atoms with E-state index in [0.717, 1.165) is 0 Å². The van der Waals surface area contributed by atoms with Crippen LogP contribution in [0.1, 0.15) is 21.6 Å². The Bertz CT molecular complexity index is 912. The lowest BCUT2D eigenvalue weighted by atomic mass is 10.1. The monoisotopic (exact) mass is 308 g/mol. The van der Waals surface area contributed by atoms with E-state index in [1.54, 1.807) is 12.1 Å². The summed E-state index contributed by atoms with van der Waals surface area (Å²) >= 11 is 0. The normalized spacial score (nSPS) is 12.7. The standard InChI is InChI=1S/C16H14N5O2/c1-20(2)8-4-7-12-11-9-18-19-15(22)10-5-3-6-13(14(10)11)21(12)16(17)23/h5-6,9H,8H2,1-2H3,(H2,17,23)(H,19,22). The summed E-state index contributed by atoms with van der Waals surface area (Å²) in [5, 5.41) is 4.48. The number of amides is 2. The molecular weight excluding hydrogens is 294 g/mol. The Kier molecular flexibility index (Phi) is 3.60. The number of carbonyl (C=O) groups excluding carboxylic acids is 2. The van der Waals surface area contributed by atoms with Crippen molar-refractivity contribution in [1.82, 2.24) is 14.9 Å². The van der Waals surface area contributed by atoms with Crippen molar-refractivity contribution in [3.05, 3.63) is 35.0 Å². The first-order chi connectivity index (χ1) is 11.0. The third-order valence-electron chi connectivity index (χ3n) is 3.39. The Hall–Kier alpha value is -3.11. The third kappa shape index (κ3) is 2.45. The minimum Gasteiger partial charge on any atom is -0.351 e. The van der Waals surface area contributed by atoms with Crippen LogP contribution >= 0.6 is 0 Å². The zero-order valence-corrected chi connectivity index (χ0v) is 12.7. The third-order valence-corrected chi connectivity index (χ3v) is 3.39. The molecule has 115 valence electrons. The summed E-state index contributed by atoms with van der Waals surface area (Å²) in [4.78, 5) is 25.9. The van der Waals surface area contributed by atoms with Gasteiger partial charge in [-0.05, 0) is 38.2 Å². The summed E-state index contributed by atoms with van der Waals surface area (Å²) in [5.74, 6) is 5.58. The average Bonchev–Trinajstić information content (AvgIpc) is 2.70. The van der Waals surface area contributed by atoms with Crippen LogP contribution in [-0.4, -0.2) is 48.3 Å². The molecule has 3 rings (SSSR count). The molecule has 1 radical (unpaired) electrons. The summed E-state index contributed by atoms with van der Waals surface area (Å²) < 4.78 is 1.29. The molecule has 1 aliphatic heterocycles. The summed E-state index contributed by atoms with van der Waals surface area (Å²) in [6.45, 7) is 0.521. The second-order valence-corrected chi connectivity index (χ2v) is 5.30. The van der Waals surface area contributed by atoms with E-state index in [9.17, 15) is 9.59 Å². The van der Waals surface area contributed by atoms with Gasteiger partial charge in [-0.15, -0.1) is 0 Å². The van der Waals surface area contributed by atoms with Crippen LogP contribution in [0.2, 0.25) is 0 Å². The quantitative estimate of drug-likeness (QED) is 0.745. The van der Waals surface area contributed by atoms with Gasteiger partial charge >= 0.3 is 6.03 Å². The van der Waals surface area contributed by atoms with Gasteiger partial charge in [0.2, 0.25) is 0 Å². The lowest BCUT2D eigenvalue weighted by Gasteiger charge is -2.04. The summed E-state index contributed by atoms with van der Waals surface area (Å²) in [5.41, 5.74) is 9.80. The molecule has 7 nitrogen and oxygen atoms in total. The van der Waals surface area contributed by atoms with E-state index in [1.807, 2.05) is 19.0 Å². The Morgan fingerprint density at radius 2 is 2.26 bits per heavy atom. The van der Waals surface area contributed by atoms with Gasteiger partial charge in [0, 0.05) is 10.9 Å². The number of nitrogens with one attached hydrogen (secondary N) is 1. The molecule has 1 aromatic carbocycles. The van der Waals surface area contributed by atoms with Crippen molar-refractivity contribution < 1.29 is 9.59 Å². The topological polar surface area (TPSA) is 92.7 Å². The highest BCUT2D eigenvalue weighted by Gasteiger charge is 2.24. The van der Waals surface area contributed by atoms with Crippen LogP contribution < -0.4 is 11.2 Å². The molecule has 0 saturated heterocycles. The van der Waals surface area contributed by atoms with Gasteiger partial charge in [-0.25, -0.2) is 10.2 Å². The van der Waals surface area contributed by atoms with Gasteiger partial charge in [0.1, 0.15) is 5.69 Å². The zero-order chi connectivity index (χ0) is 16.6. The number of primary amides is 1. The van der Waals surface area contributed by atoms with Gasteiger partial charge in [-0.2, -0.15) is 5.10 Å². The minimum atomic E-state index is -0.671. The van der Waals surface area contributed by atoms with Crippen molar-refractivity contribution in [1.29, 1.82) is 0 Å². The molecule has 23 heavy (non-hydrogen) atoms. The van der Waals surface area contributed by atoms with Crippen LogP contribution in [0.15, 0.2) is 17.2 Å². The van der Waals surface area contributed by atoms with E-state index >= 15 is 0 Å². The number of carbonyl (C=O) groups is 2. The number of benzene rings is 1. The van der Waals surface area contributed by atoms with Crippen LogP contribution in [0.5, 0.6) is 0 Å². The number of hydrogen-bond acceptors (Lipinski definition) is 4. The Morgan fingerprint density at radius 3 is 2.96 bits per heavy atom. The van der Waals surface area contributed by atoms with E-state index in [4.69, 9.17) is 5.73 Å². The summed E-state index contributed by atoms with van der Waals surface area (Å²) in [6.07, 6.45) is 1.48. The van der Waals surface area contributed by atoms with E-state index in [0.29, 0.717) is 34.3 Å². The predicted molar refractivity (Wildman–Crippen MR) is 86.2 cm³/mol. The molecular formula is C16H14N5O2. The maximum absolute atomic E-state index is 12.1. The molecule has 0 spiro atoms. The highest BCUT2D eigenvalue weighted by Crippen LogP contribution is 2.28. The van der Waals surface area contributed by atoms with E-state index in [1.165, 1.54) is 10.8 Å². The maximum Gasteiger partial charge on any atom is 0.324 e. The molecule has 1 aliphatic rings. The Labute approximate surface area is 132 Å². The summed E-state index contributed by atoms with van der Waals surface area (Å²) in [7, 11) is 3.79. The van der Waals surface area contributed by atoms with Crippen molar-refractivity contribution in [3.8, 4) is 11.8 Å². The molecule has 2 heterocycles. The van der Waals surface area contributed by atoms with Crippen LogP contribution in [0.3, 0.4) is 0 Å². The van der Waals surface area contributed by atoms with Crippen molar-refractivity contribution >= 4 is 29.1 Å². The molecule has 7 heteroatoms. The van der Waals surface area contributed by atoms with Crippen LogP contribution in [0.25, 0.3) is 10.9 Å². The molecule has 3 N–H and O–H groups in total. The minimum absolute atomic E-state index is 0.365. The van der Waals surface area contributed by atoms with Gasteiger partial charge in [0.15, 0.2) is 0 Å².